The molecule has 0 fully saturated rings. The minimum Gasteiger partial charge on any atom is -0.497 e. The first-order valence-corrected chi connectivity index (χ1v) is 6.81. The van der Waals surface area contributed by atoms with E-state index in [1.165, 1.54) is 12.1 Å². The number of hydrogen-bond donors (Lipinski definition) is 1. The van der Waals surface area contributed by atoms with Crippen LogP contribution in [0, 0.1) is 5.82 Å². The average molecular weight is 311 g/mol. The smallest absolute Gasteiger partial charge is 0.142 e. The number of ether oxygens (including phenoxy) is 2. The Morgan fingerprint density at radius 3 is 2.62 bits per heavy atom. The van der Waals surface area contributed by atoms with Gasteiger partial charge in [-0.1, -0.05) is 17.7 Å². The van der Waals surface area contributed by atoms with E-state index in [1.54, 1.807) is 38.3 Å². The monoisotopic (exact) mass is 310 g/mol. The molecule has 112 valence electrons. The summed E-state index contributed by atoms with van der Waals surface area (Å²) in [5.74, 6) is 0.635. The molecule has 0 aliphatic heterocycles. The number of methoxy groups -OCH3 is 1. The topological polar surface area (TPSA) is 38.7 Å². The zero-order valence-corrected chi connectivity index (χ0v) is 12.5. The molecule has 21 heavy (non-hydrogen) atoms. The summed E-state index contributed by atoms with van der Waals surface area (Å²) < 4.78 is 24.2. The van der Waals surface area contributed by atoms with Crippen LogP contribution < -0.4 is 9.47 Å². The Bertz CT molecular complexity index is 629. The fraction of sp³-hybridized carbons (Fsp3) is 0.250. The van der Waals surface area contributed by atoms with Gasteiger partial charge in [0.15, 0.2) is 0 Å². The predicted molar refractivity (Wildman–Crippen MR) is 79.4 cm³/mol. The van der Waals surface area contributed by atoms with Gasteiger partial charge in [-0.05, 0) is 36.8 Å². The Kier molecular flexibility index (Phi) is 5.04. The van der Waals surface area contributed by atoms with Gasteiger partial charge < -0.3 is 14.6 Å². The second-order valence-electron chi connectivity index (χ2n) is 4.62. The second-order valence-corrected chi connectivity index (χ2v) is 5.02. The van der Waals surface area contributed by atoms with E-state index in [-0.39, 0.29) is 11.6 Å². The molecule has 0 heterocycles. The Balaban J connectivity index is 2.19. The van der Waals surface area contributed by atoms with Gasteiger partial charge in [-0.3, -0.25) is 0 Å². The first-order valence-electron chi connectivity index (χ1n) is 6.44. The highest BCUT2D eigenvalue weighted by atomic mass is 35.5. The van der Waals surface area contributed by atoms with Gasteiger partial charge in [0.2, 0.25) is 0 Å². The normalized spacial score (nSPS) is 12.0. The molecule has 0 saturated carbocycles. The molecule has 0 aliphatic carbocycles. The number of rotatable bonds is 5. The first-order chi connectivity index (χ1) is 10.0. The van der Waals surface area contributed by atoms with Crippen LogP contribution in [0.4, 0.5) is 4.39 Å². The SMILES string of the molecule is COc1ccc(C(C)O)c(OCc2ccc(Cl)c(F)c2)c1. The van der Waals surface area contributed by atoms with E-state index in [0.29, 0.717) is 22.6 Å². The first kappa shape index (κ1) is 15.6. The van der Waals surface area contributed by atoms with Crippen LogP contribution in [0.15, 0.2) is 36.4 Å². The van der Waals surface area contributed by atoms with E-state index in [4.69, 9.17) is 21.1 Å². The maximum absolute atomic E-state index is 13.4. The zero-order valence-electron chi connectivity index (χ0n) is 11.8. The van der Waals surface area contributed by atoms with Crippen molar-refractivity contribution in [2.45, 2.75) is 19.6 Å². The summed E-state index contributed by atoms with van der Waals surface area (Å²) in [4.78, 5) is 0. The molecule has 0 aliphatic rings. The molecule has 1 unspecified atom stereocenters. The Morgan fingerprint density at radius 2 is 2.00 bits per heavy atom. The van der Waals surface area contributed by atoms with Gasteiger partial charge in [0.25, 0.3) is 0 Å². The molecule has 0 spiro atoms. The quantitative estimate of drug-likeness (QED) is 0.903. The lowest BCUT2D eigenvalue weighted by molar-refractivity contribution is 0.190. The predicted octanol–water partition coefficient (Wildman–Crippen LogP) is 4.12. The van der Waals surface area contributed by atoms with Gasteiger partial charge in [-0.2, -0.15) is 0 Å². The van der Waals surface area contributed by atoms with Gasteiger partial charge in [-0.25, -0.2) is 4.39 Å². The molecule has 1 atom stereocenters. The Labute approximate surface area is 127 Å². The van der Waals surface area contributed by atoms with Crippen LogP contribution in [-0.4, -0.2) is 12.2 Å². The summed E-state index contributed by atoms with van der Waals surface area (Å²) in [5.41, 5.74) is 1.29. The Morgan fingerprint density at radius 1 is 1.24 bits per heavy atom. The maximum Gasteiger partial charge on any atom is 0.142 e. The molecular formula is C16H16ClFO3. The summed E-state index contributed by atoms with van der Waals surface area (Å²) in [5, 5.41) is 9.82. The van der Waals surface area contributed by atoms with Crippen molar-refractivity contribution in [1.29, 1.82) is 0 Å². The Hall–Kier alpha value is -1.78. The molecule has 0 bridgehead atoms. The molecular weight excluding hydrogens is 295 g/mol. The largest absolute Gasteiger partial charge is 0.497 e. The number of aliphatic hydroxyl groups is 1. The lowest BCUT2D eigenvalue weighted by Crippen LogP contribution is -2.02. The van der Waals surface area contributed by atoms with Gasteiger partial charge in [-0.15, -0.1) is 0 Å². The van der Waals surface area contributed by atoms with Crippen molar-refractivity contribution < 1.29 is 19.0 Å². The average Bonchev–Trinajstić information content (AvgIpc) is 2.48. The summed E-state index contributed by atoms with van der Waals surface area (Å²) in [7, 11) is 1.55. The molecule has 0 radical (unpaired) electrons. The van der Waals surface area contributed by atoms with Crippen LogP contribution in [0.25, 0.3) is 0 Å². The van der Waals surface area contributed by atoms with E-state index < -0.39 is 11.9 Å². The number of hydrogen-bond acceptors (Lipinski definition) is 3. The molecule has 1 N–H and O–H groups in total. The van der Waals surface area contributed by atoms with Crippen LogP contribution in [-0.2, 0) is 6.61 Å². The molecule has 5 heteroatoms. The van der Waals surface area contributed by atoms with Crippen molar-refractivity contribution in [2.24, 2.45) is 0 Å². The third-order valence-electron chi connectivity index (χ3n) is 3.05. The van der Waals surface area contributed by atoms with Gasteiger partial charge in [0.1, 0.15) is 23.9 Å². The fourth-order valence-corrected chi connectivity index (χ4v) is 2.02. The molecule has 0 aromatic heterocycles. The highest BCUT2D eigenvalue weighted by molar-refractivity contribution is 6.30. The summed E-state index contributed by atoms with van der Waals surface area (Å²) in [6.45, 7) is 1.82. The van der Waals surface area contributed by atoms with Crippen molar-refractivity contribution in [1.82, 2.24) is 0 Å². The number of halogens is 2. The molecule has 2 aromatic rings. The lowest BCUT2D eigenvalue weighted by Gasteiger charge is -2.15. The van der Waals surface area contributed by atoms with E-state index in [1.807, 2.05) is 0 Å². The van der Waals surface area contributed by atoms with Gasteiger partial charge >= 0.3 is 0 Å². The molecule has 3 nitrogen and oxygen atoms in total. The van der Waals surface area contributed by atoms with Crippen molar-refractivity contribution in [3.8, 4) is 11.5 Å². The third kappa shape index (κ3) is 3.86. The number of aliphatic hydroxyl groups excluding tert-OH is 1. The minimum atomic E-state index is -0.673. The summed E-state index contributed by atoms with van der Waals surface area (Å²) in [6.07, 6.45) is -0.673. The minimum absolute atomic E-state index is 0.0739. The van der Waals surface area contributed by atoms with E-state index in [0.717, 1.165) is 0 Å². The van der Waals surface area contributed by atoms with Gasteiger partial charge in [0.05, 0.1) is 18.2 Å². The zero-order chi connectivity index (χ0) is 15.4. The van der Waals surface area contributed by atoms with Crippen molar-refractivity contribution in [2.75, 3.05) is 7.11 Å². The highest BCUT2D eigenvalue weighted by Gasteiger charge is 2.11. The van der Waals surface area contributed by atoms with Crippen molar-refractivity contribution in [3.63, 3.8) is 0 Å². The van der Waals surface area contributed by atoms with Crippen molar-refractivity contribution in [3.05, 3.63) is 58.4 Å². The van der Waals surface area contributed by atoms with Crippen LogP contribution >= 0.6 is 11.6 Å². The van der Waals surface area contributed by atoms with E-state index >= 15 is 0 Å². The highest BCUT2D eigenvalue weighted by Crippen LogP contribution is 2.30. The second kappa shape index (κ2) is 6.78. The van der Waals surface area contributed by atoms with Crippen LogP contribution in [0.3, 0.4) is 0 Å². The molecule has 0 saturated heterocycles. The standard InChI is InChI=1S/C16H16ClFO3/c1-10(19)13-5-4-12(20-2)8-16(13)21-9-11-3-6-14(17)15(18)7-11/h3-8,10,19H,9H2,1-2H3. The maximum atomic E-state index is 13.4. The van der Waals surface area contributed by atoms with Crippen LogP contribution in [0.1, 0.15) is 24.2 Å². The molecule has 2 aromatic carbocycles. The van der Waals surface area contributed by atoms with E-state index in [9.17, 15) is 9.50 Å². The van der Waals surface area contributed by atoms with Crippen LogP contribution in [0.5, 0.6) is 11.5 Å². The summed E-state index contributed by atoms with van der Waals surface area (Å²) in [6, 6.07) is 9.67. The van der Waals surface area contributed by atoms with E-state index in [2.05, 4.69) is 0 Å². The molecule has 2 rings (SSSR count). The van der Waals surface area contributed by atoms with Gasteiger partial charge in [0, 0.05) is 11.6 Å². The fourth-order valence-electron chi connectivity index (χ4n) is 1.90. The van der Waals surface area contributed by atoms with Crippen LogP contribution in [0.2, 0.25) is 5.02 Å². The van der Waals surface area contributed by atoms with Crippen molar-refractivity contribution >= 4 is 11.6 Å². The third-order valence-corrected chi connectivity index (χ3v) is 3.36. The molecule has 0 amide bonds. The lowest BCUT2D eigenvalue weighted by atomic mass is 10.1. The number of benzene rings is 2. The summed E-state index contributed by atoms with van der Waals surface area (Å²) >= 11 is 5.64.